The van der Waals surface area contributed by atoms with Crippen molar-refractivity contribution in [3.63, 3.8) is 0 Å². The third kappa shape index (κ3) is 4.89. The zero-order chi connectivity index (χ0) is 15.1. The first-order chi connectivity index (χ1) is 9.45. The lowest BCUT2D eigenvalue weighted by Crippen LogP contribution is -2.13. The van der Waals surface area contributed by atoms with Gasteiger partial charge < -0.3 is 10.5 Å². The number of rotatable bonds is 7. The number of aryl methyl sites for hydroxylation is 1. The summed E-state index contributed by atoms with van der Waals surface area (Å²) in [6.45, 7) is 3.71. The van der Waals surface area contributed by atoms with Gasteiger partial charge >= 0.3 is 5.97 Å². The van der Waals surface area contributed by atoms with E-state index in [0.29, 0.717) is 43.4 Å². The van der Waals surface area contributed by atoms with E-state index in [4.69, 9.17) is 10.5 Å². The molecule has 1 aromatic carbocycles. The summed E-state index contributed by atoms with van der Waals surface area (Å²) in [5, 5.41) is 0. The third-order valence-corrected chi connectivity index (χ3v) is 3.13. The molecule has 0 bridgehead atoms. The number of benzene rings is 1. The van der Waals surface area contributed by atoms with Crippen LogP contribution in [-0.2, 0) is 9.53 Å². The molecule has 0 aromatic heterocycles. The van der Waals surface area contributed by atoms with E-state index in [1.807, 2.05) is 0 Å². The molecular weight excluding hydrogens is 264 g/mol. The van der Waals surface area contributed by atoms with E-state index in [2.05, 4.69) is 0 Å². The fourth-order valence-corrected chi connectivity index (χ4v) is 1.99. The van der Waals surface area contributed by atoms with Crippen molar-refractivity contribution >= 4 is 5.97 Å². The van der Waals surface area contributed by atoms with E-state index in [1.165, 1.54) is 6.07 Å². The zero-order valence-corrected chi connectivity index (χ0v) is 11.9. The molecule has 20 heavy (non-hydrogen) atoms. The number of hydrogen-bond acceptors (Lipinski definition) is 3. The largest absolute Gasteiger partial charge is 0.466 e. The molecule has 0 saturated carbocycles. The Morgan fingerprint density at radius 3 is 2.65 bits per heavy atom. The minimum Gasteiger partial charge on any atom is -0.466 e. The Morgan fingerprint density at radius 1 is 1.30 bits per heavy atom. The number of carbonyl (C=O) groups is 1. The van der Waals surface area contributed by atoms with Gasteiger partial charge in [0.1, 0.15) is 11.6 Å². The Hall–Kier alpha value is -1.49. The Morgan fingerprint density at radius 2 is 2.00 bits per heavy atom. The minimum absolute atomic E-state index is 0.232. The van der Waals surface area contributed by atoms with Crippen molar-refractivity contribution in [2.75, 3.05) is 6.61 Å². The van der Waals surface area contributed by atoms with Crippen molar-refractivity contribution < 1.29 is 18.3 Å². The van der Waals surface area contributed by atoms with Gasteiger partial charge in [-0.15, -0.1) is 0 Å². The highest BCUT2D eigenvalue weighted by molar-refractivity contribution is 5.69. The average molecular weight is 285 g/mol. The average Bonchev–Trinajstić information content (AvgIpc) is 2.39. The van der Waals surface area contributed by atoms with Crippen molar-refractivity contribution in [2.24, 2.45) is 5.73 Å². The molecule has 0 aliphatic rings. The smallest absolute Gasteiger partial charge is 0.305 e. The number of halogens is 2. The lowest BCUT2D eigenvalue weighted by atomic mass is 9.99. The molecule has 0 aliphatic heterocycles. The molecule has 5 heteroatoms. The second kappa shape index (κ2) is 7.94. The highest BCUT2D eigenvalue weighted by Gasteiger charge is 2.14. The van der Waals surface area contributed by atoms with Gasteiger partial charge in [0.2, 0.25) is 0 Å². The first kappa shape index (κ1) is 16.6. The van der Waals surface area contributed by atoms with Crippen LogP contribution in [0.5, 0.6) is 0 Å². The normalized spacial score (nSPS) is 12.2. The molecule has 3 nitrogen and oxygen atoms in total. The van der Waals surface area contributed by atoms with Crippen molar-refractivity contribution in [3.05, 3.63) is 34.9 Å². The van der Waals surface area contributed by atoms with Crippen LogP contribution in [0.25, 0.3) is 0 Å². The fourth-order valence-electron chi connectivity index (χ4n) is 1.99. The SMILES string of the molecule is CCOC(=O)CCCCC(N)c1cc(C)c(F)cc1F. The third-order valence-electron chi connectivity index (χ3n) is 3.13. The number of unbranched alkanes of at least 4 members (excludes halogenated alkanes) is 1. The summed E-state index contributed by atoms with van der Waals surface area (Å²) in [6, 6.07) is 1.82. The first-order valence-corrected chi connectivity index (χ1v) is 6.82. The molecule has 0 heterocycles. The molecule has 1 rings (SSSR count). The number of esters is 1. The highest BCUT2D eigenvalue weighted by Crippen LogP contribution is 2.23. The van der Waals surface area contributed by atoms with Crippen molar-refractivity contribution in [2.45, 2.75) is 45.6 Å². The van der Waals surface area contributed by atoms with Crippen LogP contribution in [0.15, 0.2) is 12.1 Å². The summed E-state index contributed by atoms with van der Waals surface area (Å²) in [5.41, 5.74) is 6.61. The van der Waals surface area contributed by atoms with Crippen molar-refractivity contribution in [1.29, 1.82) is 0 Å². The molecule has 0 radical (unpaired) electrons. The van der Waals surface area contributed by atoms with Crippen LogP contribution in [0, 0.1) is 18.6 Å². The van der Waals surface area contributed by atoms with Gasteiger partial charge in [0.15, 0.2) is 0 Å². The number of nitrogens with two attached hydrogens (primary N) is 1. The van der Waals surface area contributed by atoms with Gasteiger partial charge in [-0.25, -0.2) is 8.78 Å². The quantitative estimate of drug-likeness (QED) is 0.617. The summed E-state index contributed by atoms with van der Waals surface area (Å²) in [7, 11) is 0. The molecular formula is C15H21F2NO2. The second-order valence-corrected chi connectivity index (χ2v) is 4.78. The molecule has 0 saturated heterocycles. The predicted molar refractivity (Wildman–Crippen MR) is 73.1 cm³/mol. The van der Waals surface area contributed by atoms with Crippen LogP contribution >= 0.6 is 0 Å². The van der Waals surface area contributed by atoms with Crippen LogP contribution in [0.3, 0.4) is 0 Å². The Labute approximate surface area is 118 Å². The molecule has 0 spiro atoms. The van der Waals surface area contributed by atoms with Gasteiger partial charge in [0.25, 0.3) is 0 Å². The minimum atomic E-state index is -0.619. The maximum atomic E-state index is 13.6. The molecule has 1 atom stereocenters. The molecule has 0 fully saturated rings. The van der Waals surface area contributed by atoms with E-state index in [0.717, 1.165) is 6.07 Å². The summed E-state index contributed by atoms with van der Waals surface area (Å²) < 4.78 is 31.6. The summed E-state index contributed by atoms with van der Waals surface area (Å²) in [4.78, 5) is 11.1. The van der Waals surface area contributed by atoms with Gasteiger partial charge in [-0.3, -0.25) is 4.79 Å². The summed E-state index contributed by atoms with van der Waals surface area (Å²) >= 11 is 0. The molecule has 2 N–H and O–H groups in total. The van der Waals surface area contributed by atoms with Crippen LogP contribution in [-0.4, -0.2) is 12.6 Å². The molecule has 112 valence electrons. The maximum Gasteiger partial charge on any atom is 0.305 e. The molecule has 1 unspecified atom stereocenters. The van der Waals surface area contributed by atoms with E-state index >= 15 is 0 Å². The van der Waals surface area contributed by atoms with E-state index in [-0.39, 0.29) is 5.97 Å². The van der Waals surface area contributed by atoms with Gasteiger partial charge in [-0.2, -0.15) is 0 Å². The van der Waals surface area contributed by atoms with Crippen molar-refractivity contribution in [3.8, 4) is 0 Å². The topological polar surface area (TPSA) is 52.3 Å². The molecule has 1 aromatic rings. The van der Waals surface area contributed by atoms with E-state index in [1.54, 1.807) is 13.8 Å². The second-order valence-electron chi connectivity index (χ2n) is 4.78. The van der Waals surface area contributed by atoms with Gasteiger partial charge in [0, 0.05) is 24.1 Å². The summed E-state index contributed by atoms with van der Waals surface area (Å²) in [5.74, 6) is -1.42. The maximum absolute atomic E-state index is 13.6. The van der Waals surface area contributed by atoms with Crippen molar-refractivity contribution in [1.82, 2.24) is 0 Å². The van der Waals surface area contributed by atoms with Crippen LogP contribution < -0.4 is 5.73 Å². The van der Waals surface area contributed by atoms with Gasteiger partial charge in [-0.05, 0) is 38.3 Å². The van der Waals surface area contributed by atoms with E-state index < -0.39 is 17.7 Å². The van der Waals surface area contributed by atoms with Crippen LogP contribution in [0.4, 0.5) is 8.78 Å². The standard InChI is InChI=1S/C15H21F2NO2/c1-3-20-15(19)7-5-4-6-14(18)11-8-10(2)12(16)9-13(11)17/h8-9,14H,3-7,18H2,1-2H3. The zero-order valence-electron chi connectivity index (χ0n) is 11.9. The van der Waals surface area contributed by atoms with Gasteiger partial charge in [-0.1, -0.05) is 6.42 Å². The molecule has 0 amide bonds. The highest BCUT2D eigenvalue weighted by atomic mass is 19.1. The monoisotopic (exact) mass is 285 g/mol. The fraction of sp³-hybridized carbons (Fsp3) is 0.533. The lowest BCUT2D eigenvalue weighted by molar-refractivity contribution is -0.143. The Kier molecular flexibility index (Phi) is 6.58. The number of carbonyl (C=O) groups excluding carboxylic acids is 1. The predicted octanol–water partition coefficient (Wildman–Crippen LogP) is 3.40. The Bertz CT molecular complexity index is 463. The number of ether oxygens (including phenoxy) is 1. The van der Waals surface area contributed by atoms with Crippen LogP contribution in [0.1, 0.15) is 49.8 Å². The lowest BCUT2D eigenvalue weighted by Gasteiger charge is -2.14. The molecule has 0 aliphatic carbocycles. The number of hydrogen-bond donors (Lipinski definition) is 1. The summed E-state index contributed by atoms with van der Waals surface area (Å²) in [6.07, 6.45) is 2.22. The Balaban J connectivity index is 2.45. The van der Waals surface area contributed by atoms with E-state index in [9.17, 15) is 13.6 Å². The first-order valence-electron chi connectivity index (χ1n) is 6.82. The van der Waals surface area contributed by atoms with Gasteiger partial charge in [0.05, 0.1) is 6.61 Å². The van der Waals surface area contributed by atoms with Crippen LogP contribution in [0.2, 0.25) is 0 Å².